The third kappa shape index (κ3) is 14.5. The van der Waals surface area contributed by atoms with E-state index in [1.807, 2.05) is 46.9 Å². The van der Waals surface area contributed by atoms with E-state index < -0.39 is 89.9 Å². The number of methoxy groups -OCH3 is 1. The van der Waals surface area contributed by atoms with E-state index in [9.17, 15) is 36.0 Å². The summed E-state index contributed by atoms with van der Waals surface area (Å²) in [6, 6.07) is 4.31. The SMILES string of the molecule is CC1(OS(N)(=O)=O)CC1.CC[C@@H]1C[C@]1(CC(=O)[C@@H]1C[C@@H](Oc2cc(-c3csc(NC(C)C)n3)nc3c(Cl)c(OC)ccc23)CN1C(=O)[C@@H](CC(=O)OC(C)(C)C)C(C)(C)C)C(=O)NS(=O)(=O)OC1(C)CC1. The van der Waals surface area contributed by atoms with Crippen molar-refractivity contribution in [3.05, 3.63) is 28.6 Å². The van der Waals surface area contributed by atoms with E-state index in [1.165, 1.54) is 23.3 Å². The van der Waals surface area contributed by atoms with Crippen molar-refractivity contribution in [2.75, 3.05) is 19.0 Å². The summed E-state index contributed by atoms with van der Waals surface area (Å²) >= 11 is 8.28. The van der Waals surface area contributed by atoms with Gasteiger partial charge in [0.15, 0.2) is 10.9 Å². The third-order valence-corrected chi connectivity index (χ3v) is 15.8. The molecule has 7 rings (SSSR count). The largest absolute Gasteiger partial charge is 0.495 e. The maximum absolute atomic E-state index is 14.9. The van der Waals surface area contributed by atoms with Gasteiger partial charge in [0.2, 0.25) is 11.8 Å². The molecule has 0 bridgehead atoms. The van der Waals surface area contributed by atoms with Gasteiger partial charge in [0.05, 0.1) is 59.9 Å². The van der Waals surface area contributed by atoms with E-state index in [-0.39, 0.29) is 42.8 Å². The fraction of sp³-hybridized carbons (Fsp3) is 0.667. The Kier molecular flexibility index (Phi) is 16.3. The Morgan fingerprint density at radius 2 is 1.59 bits per heavy atom. The summed E-state index contributed by atoms with van der Waals surface area (Å²) in [5.41, 5.74) is -2.74. The molecule has 3 heterocycles. The van der Waals surface area contributed by atoms with Crippen LogP contribution in [0, 0.1) is 22.7 Å². The number of halogens is 1. The Morgan fingerprint density at radius 3 is 2.11 bits per heavy atom. The second-order valence-corrected chi connectivity index (χ2v) is 25.7. The second-order valence-electron chi connectivity index (χ2n) is 22.1. The first-order chi connectivity index (χ1) is 32.7. The van der Waals surface area contributed by atoms with Gasteiger partial charge in [-0.15, -0.1) is 11.3 Å². The smallest absolute Gasteiger partial charge is 0.362 e. The molecule has 0 unspecified atom stereocenters. The molecule has 5 atom stereocenters. The summed E-state index contributed by atoms with van der Waals surface area (Å²) in [5.74, 6) is -2.60. The number of hydrogen-bond donors (Lipinski definition) is 3. The van der Waals surface area contributed by atoms with E-state index in [0.717, 1.165) is 12.8 Å². The third-order valence-electron chi connectivity index (χ3n) is 13.0. The van der Waals surface area contributed by atoms with E-state index in [4.69, 9.17) is 40.0 Å². The van der Waals surface area contributed by atoms with Gasteiger partial charge in [-0.05, 0) is 104 Å². The highest BCUT2D eigenvalue weighted by molar-refractivity contribution is 7.85. The molecule has 394 valence electrons. The first kappa shape index (κ1) is 56.1. The molecule has 2 aromatic heterocycles. The number of amides is 2. The van der Waals surface area contributed by atoms with Crippen molar-refractivity contribution in [2.45, 2.75) is 169 Å². The number of likely N-dealkylation sites (tertiary alicyclic amines) is 1. The van der Waals surface area contributed by atoms with Crippen LogP contribution < -0.4 is 24.7 Å². The number of hydrogen-bond acceptors (Lipinski definition) is 17. The quantitative estimate of drug-likeness (QED) is 0.0974. The van der Waals surface area contributed by atoms with Crippen molar-refractivity contribution in [3.8, 4) is 22.9 Å². The Bertz CT molecular complexity index is 2750. The number of ketones is 1. The van der Waals surface area contributed by atoms with Crippen LogP contribution in [0.1, 0.15) is 134 Å². The van der Waals surface area contributed by atoms with Crippen LogP contribution >= 0.6 is 22.9 Å². The van der Waals surface area contributed by atoms with Crippen LogP contribution in [0.15, 0.2) is 23.6 Å². The second kappa shape index (κ2) is 20.6. The number of esters is 1. The summed E-state index contributed by atoms with van der Waals surface area (Å²) in [6.07, 6.45) is 2.22. The van der Waals surface area contributed by atoms with Gasteiger partial charge in [-0.25, -0.2) is 24.0 Å². The maximum Gasteiger partial charge on any atom is 0.362 e. The van der Waals surface area contributed by atoms with Crippen molar-refractivity contribution < 1.29 is 58.6 Å². The monoisotopic (exact) mass is 1070 g/mol. The highest BCUT2D eigenvalue weighted by atomic mass is 35.5. The lowest BCUT2D eigenvalue weighted by Gasteiger charge is -2.35. The van der Waals surface area contributed by atoms with E-state index in [2.05, 4.69) is 19.4 Å². The highest BCUT2D eigenvalue weighted by Crippen LogP contribution is 2.58. The Morgan fingerprint density at radius 1 is 0.958 bits per heavy atom. The molecule has 3 aromatic rings. The predicted octanol–water partition coefficient (Wildman–Crippen LogP) is 7.65. The molecule has 71 heavy (non-hydrogen) atoms. The normalized spacial score (nSPS) is 22.7. The van der Waals surface area contributed by atoms with E-state index >= 15 is 0 Å². The molecule has 1 aromatic carbocycles. The summed E-state index contributed by atoms with van der Waals surface area (Å²) in [7, 11) is -6.66. The fourth-order valence-corrected chi connectivity index (χ4v) is 11.7. The first-order valence-electron chi connectivity index (χ1n) is 23.8. The number of ether oxygens (including phenoxy) is 3. The van der Waals surface area contributed by atoms with Crippen LogP contribution in [0.5, 0.6) is 11.5 Å². The van der Waals surface area contributed by atoms with Crippen molar-refractivity contribution in [1.82, 2.24) is 19.6 Å². The number of rotatable bonds is 19. The number of nitrogens with two attached hydrogens (primary N) is 1. The molecule has 0 spiro atoms. The average Bonchev–Trinajstić information content (AvgIpc) is 4.17. The van der Waals surface area contributed by atoms with Gasteiger partial charge >= 0.3 is 26.6 Å². The Labute approximate surface area is 426 Å². The molecule has 19 nitrogen and oxygen atoms in total. The van der Waals surface area contributed by atoms with Gasteiger partial charge in [-0.1, -0.05) is 45.7 Å². The number of thiazole rings is 1. The zero-order valence-electron chi connectivity index (χ0n) is 42.6. The van der Waals surface area contributed by atoms with Gasteiger partial charge in [0.25, 0.3) is 0 Å². The van der Waals surface area contributed by atoms with Gasteiger partial charge < -0.3 is 24.4 Å². The summed E-state index contributed by atoms with van der Waals surface area (Å²) in [5, 5.41) is 11.3. The van der Waals surface area contributed by atoms with Crippen LogP contribution in [0.3, 0.4) is 0 Å². The molecule has 4 fully saturated rings. The molecule has 1 saturated heterocycles. The lowest BCUT2D eigenvalue weighted by Crippen LogP contribution is -2.49. The van der Waals surface area contributed by atoms with E-state index in [0.29, 0.717) is 64.6 Å². The molecule has 4 aliphatic rings. The molecule has 0 radical (unpaired) electrons. The Balaban J connectivity index is 0.000000824. The van der Waals surface area contributed by atoms with Gasteiger partial charge in [0, 0.05) is 35.7 Å². The number of fused-ring (bicyclic) bond motifs is 1. The minimum absolute atomic E-state index is 0.0322. The molecule has 4 N–H and O–H groups in total. The molecular weight excluding hydrogens is 1000 g/mol. The van der Waals surface area contributed by atoms with Crippen molar-refractivity contribution in [2.24, 2.45) is 27.8 Å². The van der Waals surface area contributed by atoms with Crippen molar-refractivity contribution in [1.29, 1.82) is 0 Å². The molecule has 3 saturated carbocycles. The topological polar surface area (TPSA) is 262 Å². The number of pyridine rings is 1. The van der Waals surface area contributed by atoms with Crippen LogP contribution in [0.25, 0.3) is 22.3 Å². The molecular formula is C48H69ClN6O13S3. The van der Waals surface area contributed by atoms with Crippen LogP contribution in [-0.2, 0) is 52.9 Å². The number of nitrogens with zero attached hydrogens (tertiary/aromatic N) is 3. The number of Topliss-reactive ketones (excluding diaryl/α,β-unsaturated/α-hetero) is 1. The zero-order valence-corrected chi connectivity index (χ0v) is 45.8. The zero-order chi connectivity index (χ0) is 52.9. The fourth-order valence-electron chi connectivity index (χ4n) is 8.64. The van der Waals surface area contributed by atoms with E-state index in [1.54, 1.807) is 52.8 Å². The lowest BCUT2D eigenvalue weighted by atomic mass is 9.77. The number of carbonyl (C=O) groups is 4. The molecule has 2 amide bonds. The standard InChI is InChI=1S/C44H60ClN5O10S2.C4H9NO3S/c1-12-25-20-44(25,39(54)49-62(55,56)60-43(10)15-16-43)21-32(51)31-17-26(22-50(31)38(53)28(41(4,5)6)18-35(52)59-42(7,8)9)58-34-19-29(30-23-61-40(48-30)46-24(2)3)47-37-27(34)13-14-33(57-11)36(37)45;1-4(2-3-4)8-9(5,6)7/h13-14,19,23-26,28,31H,12,15-18,20-22H2,1-11H3,(H,46,48)(H,49,54);2-3H2,1H3,(H2,5,6,7)/t25-,26-,28-,31+,44-;/m1./s1. The minimum atomic E-state index is -4.45. The van der Waals surface area contributed by atoms with Crippen molar-refractivity contribution >= 4 is 83.1 Å². The highest BCUT2D eigenvalue weighted by Gasteiger charge is 2.62. The molecule has 1 aliphatic heterocycles. The summed E-state index contributed by atoms with van der Waals surface area (Å²) in [4.78, 5) is 67.9. The predicted molar refractivity (Wildman–Crippen MR) is 269 cm³/mol. The number of aromatic nitrogens is 2. The maximum atomic E-state index is 14.9. The minimum Gasteiger partial charge on any atom is -0.495 e. The van der Waals surface area contributed by atoms with Crippen molar-refractivity contribution in [3.63, 3.8) is 0 Å². The number of anilines is 1. The van der Waals surface area contributed by atoms with Gasteiger partial charge in [-0.3, -0.25) is 23.4 Å². The summed E-state index contributed by atoms with van der Waals surface area (Å²) in [6.45, 7) is 20.0. The first-order valence-corrected chi connectivity index (χ1v) is 27.9. The average molecular weight is 1070 g/mol. The number of carbonyl (C=O) groups excluding carboxylic acids is 4. The summed E-state index contributed by atoms with van der Waals surface area (Å²) < 4.78 is 76.2. The Hall–Kier alpha value is -4.19. The van der Waals surface area contributed by atoms with Gasteiger partial charge in [0.1, 0.15) is 33.9 Å². The van der Waals surface area contributed by atoms with Crippen LogP contribution in [0.4, 0.5) is 5.13 Å². The molecule has 23 heteroatoms. The number of nitrogens with one attached hydrogen (secondary N) is 2. The number of benzene rings is 1. The van der Waals surface area contributed by atoms with Crippen LogP contribution in [-0.4, -0.2) is 104 Å². The lowest BCUT2D eigenvalue weighted by molar-refractivity contribution is -0.161. The van der Waals surface area contributed by atoms with Gasteiger partial charge in [-0.2, -0.15) is 16.8 Å². The van der Waals surface area contributed by atoms with Crippen LogP contribution in [0.2, 0.25) is 5.02 Å². The molecule has 3 aliphatic carbocycles.